The van der Waals surface area contributed by atoms with Crippen molar-refractivity contribution in [2.24, 2.45) is 0 Å². The number of hydrogen-bond donors (Lipinski definition) is 3. The number of nitrogens with one attached hydrogen (secondary N) is 2. The Bertz CT molecular complexity index is 422. The van der Waals surface area contributed by atoms with Crippen molar-refractivity contribution in [3.63, 3.8) is 0 Å². The lowest BCUT2D eigenvalue weighted by atomic mass is 10.1. The molecule has 0 saturated carbocycles. The minimum atomic E-state index is -0.953. The average molecular weight is 247 g/mol. The van der Waals surface area contributed by atoms with E-state index in [0.717, 1.165) is 37.0 Å². The van der Waals surface area contributed by atoms with Crippen LogP contribution in [0.1, 0.15) is 18.4 Å². The molecule has 1 aromatic heterocycles. The molecule has 1 atom stereocenters. The SMILES string of the molecule is O=C(O)/C=C/c1ccc(N[C@@H]2CCCNC2)nc1. The van der Waals surface area contributed by atoms with Gasteiger partial charge in [-0.15, -0.1) is 0 Å². The lowest BCUT2D eigenvalue weighted by Crippen LogP contribution is -2.38. The third-order valence-electron chi connectivity index (χ3n) is 2.85. The van der Waals surface area contributed by atoms with Gasteiger partial charge in [0, 0.05) is 24.9 Å². The first-order valence-corrected chi connectivity index (χ1v) is 6.08. The topological polar surface area (TPSA) is 74.2 Å². The fraction of sp³-hybridized carbons (Fsp3) is 0.385. The smallest absolute Gasteiger partial charge is 0.328 e. The van der Waals surface area contributed by atoms with Crippen LogP contribution in [0.15, 0.2) is 24.4 Å². The predicted molar refractivity (Wildman–Crippen MR) is 70.4 cm³/mol. The van der Waals surface area contributed by atoms with Crippen LogP contribution in [0, 0.1) is 0 Å². The van der Waals surface area contributed by atoms with Gasteiger partial charge in [0.05, 0.1) is 0 Å². The van der Waals surface area contributed by atoms with Gasteiger partial charge in [-0.25, -0.2) is 9.78 Å². The lowest BCUT2D eigenvalue weighted by molar-refractivity contribution is -0.131. The molecule has 2 heterocycles. The largest absolute Gasteiger partial charge is 0.478 e. The van der Waals surface area contributed by atoms with Gasteiger partial charge in [0.15, 0.2) is 0 Å². The van der Waals surface area contributed by atoms with E-state index in [1.165, 1.54) is 12.5 Å². The maximum Gasteiger partial charge on any atom is 0.328 e. The zero-order valence-electron chi connectivity index (χ0n) is 10.1. The zero-order chi connectivity index (χ0) is 12.8. The highest BCUT2D eigenvalue weighted by Gasteiger charge is 2.12. The van der Waals surface area contributed by atoms with Crippen LogP contribution in [0.5, 0.6) is 0 Å². The Balaban J connectivity index is 1.92. The van der Waals surface area contributed by atoms with Crippen LogP contribution in [0.4, 0.5) is 5.82 Å². The number of nitrogens with zero attached hydrogens (tertiary/aromatic N) is 1. The third kappa shape index (κ3) is 3.85. The Hall–Kier alpha value is -1.88. The van der Waals surface area contributed by atoms with Crippen LogP contribution >= 0.6 is 0 Å². The molecule has 1 saturated heterocycles. The second-order valence-corrected chi connectivity index (χ2v) is 4.34. The highest BCUT2D eigenvalue weighted by atomic mass is 16.4. The highest BCUT2D eigenvalue weighted by molar-refractivity contribution is 5.85. The minimum absolute atomic E-state index is 0.423. The fourth-order valence-electron chi connectivity index (χ4n) is 1.94. The Morgan fingerprint density at radius 1 is 1.56 bits per heavy atom. The molecule has 1 aromatic rings. The minimum Gasteiger partial charge on any atom is -0.478 e. The molecule has 0 radical (unpaired) electrons. The summed E-state index contributed by atoms with van der Waals surface area (Å²) in [5.74, 6) is -0.123. The maximum atomic E-state index is 10.4. The molecule has 0 aromatic carbocycles. The second kappa shape index (κ2) is 6.16. The van der Waals surface area contributed by atoms with Crippen molar-refractivity contribution in [1.82, 2.24) is 10.3 Å². The van der Waals surface area contributed by atoms with Crippen molar-refractivity contribution in [1.29, 1.82) is 0 Å². The number of rotatable bonds is 4. The van der Waals surface area contributed by atoms with E-state index in [1.807, 2.05) is 12.1 Å². The van der Waals surface area contributed by atoms with E-state index in [0.29, 0.717) is 6.04 Å². The van der Waals surface area contributed by atoms with Gasteiger partial charge >= 0.3 is 5.97 Å². The molecule has 5 heteroatoms. The summed E-state index contributed by atoms with van der Waals surface area (Å²) in [6.07, 6.45) is 6.63. The number of carboxylic acids is 1. The average Bonchev–Trinajstić information content (AvgIpc) is 2.39. The van der Waals surface area contributed by atoms with Crippen LogP contribution in [0.25, 0.3) is 6.08 Å². The van der Waals surface area contributed by atoms with E-state index >= 15 is 0 Å². The molecule has 3 N–H and O–H groups in total. The number of anilines is 1. The van der Waals surface area contributed by atoms with E-state index in [2.05, 4.69) is 15.6 Å². The summed E-state index contributed by atoms with van der Waals surface area (Å²) in [5.41, 5.74) is 0.782. The molecule has 0 amide bonds. The Kier molecular flexibility index (Phi) is 4.30. The summed E-state index contributed by atoms with van der Waals surface area (Å²) in [4.78, 5) is 14.6. The molecule has 0 bridgehead atoms. The molecular formula is C13H17N3O2. The van der Waals surface area contributed by atoms with Crippen molar-refractivity contribution in [3.8, 4) is 0 Å². The summed E-state index contributed by atoms with van der Waals surface area (Å²) < 4.78 is 0. The lowest BCUT2D eigenvalue weighted by Gasteiger charge is -2.24. The van der Waals surface area contributed by atoms with Crippen LogP contribution in [-0.2, 0) is 4.79 Å². The van der Waals surface area contributed by atoms with E-state index in [-0.39, 0.29) is 0 Å². The Morgan fingerprint density at radius 3 is 3.06 bits per heavy atom. The summed E-state index contributed by atoms with van der Waals surface area (Å²) in [5, 5.41) is 15.2. The van der Waals surface area contributed by atoms with E-state index in [9.17, 15) is 4.79 Å². The highest BCUT2D eigenvalue weighted by Crippen LogP contribution is 2.11. The van der Waals surface area contributed by atoms with Crippen LogP contribution in [-0.4, -0.2) is 35.2 Å². The first-order chi connectivity index (χ1) is 8.74. The normalized spacial score (nSPS) is 19.9. The van der Waals surface area contributed by atoms with Gasteiger partial charge in [-0.3, -0.25) is 0 Å². The van der Waals surface area contributed by atoms with Crippen LogP contribution in [0.3, 0.4) is 0 Å². The molecule has 96 valence electrons. The zero-order valence-corrected chi connectivity index (χ0v) is 10.1. The van der Waals surface area contributed by atoms with Crippen molar-refractivity contribution in [3.05, 3.63) is 30.0 Å². The van der Waals surface area contributed by atoms with Gasteiger partial charge in [-0.1, -0.05) is 0 Å². The number of pyridine rings is 1. The first kappa shape index (κ1) is 12.6. The molecule has 18 heavy (non-hydrogen) atoms. The quantitative estimate of drug-likeness (QED) is 0.700. The van der Waals surface area contributed by atoms with Gasteiger partial charge in [0.1, 0.15) is 5.82 Å². The van der Waals surface area contributed by atoms with Gasteiger partial charge in [0.2, 0.25) is 0 Å². The van der Waals surface area contributed by atoms with Crippen molar-refractivity contribution in [2.45, 2.75) is 18.9 Å². The molecule has 0 unspecified atom stereocenters. The summed E-state index contributed by atoms with van der Waals surface area (Å²) >= 11 is 0. The number of aliphatic carboxylic acids is 1. The van der Waals surface area contributed by atoms with Crippen LogP contribution in [0.2, 0.25) is 0 Å². The number of aromatic nitrogens is 1. The number of carbonyl (C=O) groups is 1. The summed E-state index contributed by atoms with van der Waals surface area (Å²) in [7, 11) is 0. The standard InChI is InChI=1S/C13H17N3O2/c17-13(18)6-4-10-3-5-12(15-8-10)16-11-2-1-7-14-9-11/h3-6,8,11,14H,1-2,7,9H2,(H,15,16)(H,17,18)/b6-4+/t11-/m1/s1. The molecule has 1 fully saturated rings. The molecule has 1 aliphatic heterocycles. The number of piperidine rings is 1. The molecule has 1 aliphatic rings. The van der Waals surface area contributed by atoms with E-state index in [4.69, 9.17) is 5.11 Å². The first-order valence-electron chi connectivity index (χ1n) is 6.08. The number of carboxylic acid groups (broad SMARTS) is 1. The van der Waals surface area contributed by atoms with Gasteiger partial charge in [-0.2, -0.15) is 0 Å². The van der Waals surface area contributed by atoms with Gasteiger partial charge in [-0.05, 0) is 43.2 Å². The van der Waals surface area contributed by atoms with Crippen molar-refractivity contribution in [2.75, 3.05) is 18.4 Å². The molecular weight excluding hydrogens is 230 g/mol. The fourth-order valence-corrected chi connectivity index (χ4v) is 1.94. The van der Waals surface area contributed by atoms with Gasteiger partial charge < -0.3 is 15.7 Å². The predicted octanol–water partition coefficient (Wildman–Crippen LogP) is 1.34. The molecule has 2 rings (SSSR count). The summed E-state index contributed by atoms with van der Waals surface area (Å²) in [6.45, 7) is 2.05. The summed E-state index contributed by atoms with van der Waals surface area (Å²) in [6, 6.07) is 4.15. The Labute approximate surface area is 106 Å². The van der Waals surface area contributed by atoms with E-state index in [1.54, 1.807) is 6.20 Å². The maximum absolute atomic E-state index is 10.4. The Morgan fingerprint density at radius 2 is 2.44 bits per heavy atom. The molecule has 0 aliphatic carbocycles. The van der Waals surface area contributed by atoms with Gasteiger partial charge in [0.25, 0.3) is 0 Å². The number of hydrogen-bond acceptors (Lipinski definition) is 4. The van der Waals surface area contributed by atoms with Crippen molar-refractivity contribution >= 4 is 17.9 Å². The second-order valence-electron chi connectivity index (χ2n) is 4.34. The van der Waals surface area contributed by atoms with E-state index < -0.39 is 5.97 Å². The van der Waals surface area contributed by atoms with Crippen LogP contribution < -0.4 is 10.6 Å². The monoisotopic (exact) mass is 247 g/mol. The molecule has 0 spiro atoms. The third-order valence-corrected chi connectivity index (χ3v) is 2.85. The molecule has 5 nitrogen and oxygen atoms in total. The van der Waals surface area contributed by atoms with Crippen molar-refractivity contribution < 1.29 is 9.90 Å².